The number of rotatable bonds is 5. The third-order valence-electron chi connectivity index (χ3n) is 3.89. The van der Waals surface area contributed by atoms with E-state index in [1.165, 1.54) is 17.4 Å². The highest BCUT2D eigenvalue weighted by Crippen LogP contribution is 2.50. The Morgan fingerprint density at radius 1 is 1.39 bits per heavy atom. The molecule has 2 aromatic rings. The maximum atomic E-state index is 13.8. The van der Waals surface area contributed by atoms with E-state index in [9.17, 15) is 9.18 Å². The molecule has 1 aliphatic rings. The largest absolute Gasteiger partial charge is 0.352 e. The molecule has 1 fully saturated rings. The number of carbonyl (C=O) groups excluding carboxylic acids is 1. The average molecular weight is 375 g/mol. The van der Waals surface area contributed by atoms with E-state index in [1.54, 1.807) is 12.1 Å². The predicted molar refractivity (Wildman–Crippen MR) is 93.6 cm³/mol. The highest BCUT2D eigenvalue weighted by atomic mass is 35.5. The first-order valence-electron chi connectivity index (χ1n) is 7.09. The summed E-state index contributed by atoms with van der Waals surface area (Å²) < 4.78 is 14.6. The van der Waals surface area contributed by atoms with E-state index in [-0.39, 0.29) is 42.5 Å². The van der Waals surface area contributed by atoms with Crippen LogP contribution in [0.15, 0.2) is 30.3 Å². The van der Waals surface area contributed by atoms with Gasteiger partial charge in [0, 0.05) is 35.4 Å². The van der Waals surface area contributed by atoms with Crippen LogP contribution in [0.1, 0.15) is 28.3 Å². The van der Waals surface area contributed by atoms with Gasteiger partial charge in [0.25, 0.3) is 0 Å². The van der Waals surface area contributed by atoms with E-state index in [0.29, 0.717) is 12.1 Å². The molecule has 124 valence electrons. The number of nitrogens with two attached hydrogens (primary N) is 1. The summed E-state index contributed by atoms with van der Waals surface area (Å²) in [4.78, 5) is 13.3. The molecule has 0 saturated heterocycles. The van der Waals surface area contributed by atoms with Gasteiger partial charge in [-0.15, -0.1) is 23.7 Å². The number of nitrogens with one attached hydrogen (secondary N) is 1. The molecule has 3 rings (SSSR count). The summed E-state index contributed by atoms with van der Waals surface area (Å²) in [5.41, 5.74) is 6.68. The van der Waals surface area contributed by atoms with E-state index in [2.05, 4.69) is 5.32 Å². The summed E-state index contributed by atoms with van der Waals surface area (Å²) in [5.74, 6) is -0.138. The van der Waals surface area contributed by atoms with Gasteiger partial charge in [0.05, 0.1) is 4.34 Å². The molecule has 1 aliphatic carbocycles. The van der Waals surface area contributed by atoms with E-state index < -0.39 is 0 Å². The van der Waals surface area contributed by atoms with Gasteiger partial charge in [-0.1, -0.05) is 23.7 Å². The van der Waals surface area contributed by atoms with Crippen LogP contribution in [0.3, 0.4) is 0 Å². The Balaban J connectivity index is 0.00000192. The molecule has 3 N–H and O–H groups in total. The number of amides is 1. The zero-order chi connectivity index (χ0) is 15.7. The van der Waals surface area contributed by atoms with E-state index in [0.717, 1.165) is 21.2 Å². The van der Waals surface area contributed by atoms with Gasteiger partial charge in [0.2, 0.25) is 5.91 Å². The smallest absolute Gasteiger partial charge is 0.224 e. The van der Waals surface area contributed by atoms with Crippen molar-refractivity contribution in [2.45, 2.75) is 25.4 Å². The second kappa shape index (κ2) is 7.62. The second-order valence-electron chi connectivity index (χ2n) is 5.44. The van der Waals surface area contributed by atoms with Gasteiger partial charge in [-0.05, 0) is 30.2 Å². The van der Waals surface area contributed by atoms with Crippen molar-refractivity contribution in [1.29, 1.82) is 0 Å². The average Bonchev–Trinajstić information content (AvgIpc) is 3.20. The van der Waals surface area contributed by atoms with Crippen molar-refractivity contribution >= 4 is 41.3 Å². The molecule has 3 nitrogen and oxygen atoms in total. The summed E-state index contributed by atoms with van der Waals surface area (Å²) in [7, 11) is 0. The Bertz CT molecular complexity index is 707. The number of thiophene rings is 1. The second-order valence-corrected chi connectivity index (χ2v) is 7.18. The first-order valence-corrected chi connectivity index (χ1v) is 8.28. The fourth-order valence-electron chi connectivity index (χ4n) is 2.50. The third kappa shape index (κ3) is 4.23. The van der Waals surface area contributed by atoms with Crippen LogP contribution in [0.5, 0.6) is 0 Å². The predicted octanol–water partition coefficient (Wildman–Crippen LogP) is 3.84. The van der Waals surface area contributed by atoms with Crippen molar-refractivity contribution in [1.82, 2.24) is 5.32 Å². The number of hydrogen-bond donors (Lipinski definition) is 2. The Morgan fingerprint density at radius 2 is 2.17 bits per heavy atom. The van der Waals surface area contributed by atoms with Crippen LogP contribution in [0.2, 0.25) is 4.34 Å². The van der Waals surface area contributed by atoms with Crippen LogP contribution >= 0.6 is 35.3 Å². The number of hydrogen-bond acceptors (Lipinski definition) is 3. The molecule has 1 saturated carbocycles. The standard InChI is InChI=1S/C16H16ClFN2OS.ClH/c17-15-4-3-14(22-15)11-6-12(11)16(21)20-8-10-2-1-9(7-19)5-13(10)18;/h1-5,11-12H,6-8,19H2,(H,20,21);1H. The maximum absolute atomic E-state index is 13.8. The molecule has 2 unspecified atom stereocenters. The first-order chi connectivity index (χ1) is 10.6. The maximum Gasteiger partial charge on any atom is 0.224 e. The molecule has 1 aromatic heterocycles. The molecule has 1 amide bonds. The van der Waals surface area contributed by atoms with E-state index >= 15 is 0 Å². The van der Waals surface area contributed by atoms with Crippen LogP contribution in [-0.2, 0) is 17.9 Å². The van der Waals surface area contributed by atoms with Gasteiger partial charge in [-0.3, -0.25) is 4.79 Å². The highest BCUT2D eigenvalue weighted by molar-refractivity contribution is 7.16. The lowest BCUT2D eigenvalue weighted by atomic mass is 10.1. The van der Waals surface area contributed by atoms with Crippen molar-refractivity contribution in [2.75, 3.05) is 0 Å². The molecule has 0 spiro atoms. The summed E-state index contributed by atoms with van der Waals surface area (Å²) in [6, 6.07) is 8.67. The summed E-state index contributed by atoms with van der Waals surface area (Å²) in [6.07, 6.45) is 0.831. The lowest BCUT2D eigenvalue weighted by Crippen LogP contribution is -2.25. The minimum Gasteiger partial charge on any atom is -0.352 e. The molecular formula is C16H17Cl2FN2OS. The lowest BCUT2D eigenvalue weighted by molar-refractivity contribution is -0.122. The van der Waals surface area contributed by atoms with Crippen molar-refractivity contribution in [3.05, 3.63) is 56.5 Å². The Kier molecular flexibility index (Phi) is 6.03. The Morgan fingerprint density at radius 3 is 2.78 bits per heavy atom. The van der Waals surface area contributed by atoms with Gasteiger partial charge >= 0.3 is 0 Å². The highest BCUT2D eigenvalue weighted by Gasteiger charge is 2.44. The summed E-state index contributed by atoms with van der Waals surface area (Å²) >= 11 is 7.42. The SMILES string of the molecule is Cl.NCc1ccc(CNC(=O)C2CC2c2ccc(Cl)s2)c(F)c1. The molecule has 0 radical (unpaired) electrons. The number of carbonyl (C=O) groups is 1. The Hall–Kier alpha value is -1.14. The number of benzene rings is 1. The van der Waals surface area contributed by atoms with Gasteiger partial charge in [0.15, 0.2) is 0 Å². The first kappa shape index (κ1) is 18.2. The van der Waals surface area contributed by atoms with Gasteiger partial charge < -0.3 is 11.1 Å². The molecule has 23 heavy (non-hydrogen) atoms. The zero-order valence-corrected chi connectivity index (χ0v) is 14.6. The van der Waals surface area contributed by atoms with Crippen molar-refractivity contribution in [2.24, 2.45) is 11.7 Å². The van der Waals surface area contributed by atoms with Gasteiger partial charge in [0.1, 0.15) is 5.82 Å². The quantitative estimate of drug-likeness (QED) is 0.834. The fourth-order valence-corrected chi connectivity index (χ4v) is 3.74. The monoisotopic (exact) mass is 374 g/mol. The molecule has 1 aromatic carbocycles. The van der Waals surface area contributed by atoms with Crippen LogP contribution in [-0.4, -0.2) is 5.91 Å². The molecule has 2 atom stereocenters. The van der Waals surface area contributed by atoms with Crippen LogP contribution in [0.4, 0.5) is 4.39 Å². The minimum atomic E-state index is -0.333. The molecule has 1 heterocycles. The van der Waals surface area contributed by atoms with E-state index in [1.807, 2.05) is 12.1 Å². The van der Waals surface area contributed by atoms with E-state index in [4.69, 9.17) is 17.3 Å². The van der Waals surface area contributed by atoms with Crippen LogP contribution < -0.4 is 11.1 Å². The molecule has 7 heteroatoms. The number of halogens is 3. The van der Waals surface area contributed by atoms with Crippen LogP contribution in [0, 0.1) is 11.7 Å². The molecular weight excluding hydrogens is 358 g/mol. The van der Waals surface area contributed by atoms with Crippen molar-refractivity contribution < 1.29 is 9.18 Å². The van der Waals surface area contributed by atoms with Crippen molar-refractivity contribution in [3.8, 4) is 0 Å². The van der Waals surface area contributed by atoms with Gasteiger partial charge in [-0.2, -0.15) is 0 Å². The summed E-state index contributed by atoms with van der Waals surface area (Å²) in [6.45, 7) is 0.501. The third-order valence-corrected chi connectivity index (χ3v) is 5.26. The summed E-state index contributed by atoms with van der Waals surface area (Å²) in [5, 5.41) is 2.81. The normalized spacial score (nSPS) is 19.1. The molecule has 0 bridgehead atoms. The topological polar surface area (TPSA) is 55.1 Å². The van der Waals surface area contributed by atoms with Gasteiger partial charge in [-0.25, -0.2) is 4.39 Å². The lowest BCUT2D eigenvalue weighted by Gasteiger charge is -2.07. The van der Waals surface area contributed by atoms with Crippen LogP contribution in [0.25, 0.3) is 0 Å². The molecule has 0 aliphatic heterocycles. The zero-order valence-electron chi connectivity index (χ0n) is 12.2. The Labute approximate surface area is 149 Å². The minimum absolute atomic E-state index is 0. The van der Waals surface area contributed by atoms with Crippen molar-refractivity contribution in [3.63, 3.8) is 0 Å². The fraction of sp³-hybridized carbons (Fsp3) is 0.312.